The van der Waals surface area contributed by atoms with Crippen LogP contribution in [0.5, 0.6) is 5.75 Å². The molecule has 1 aromatic carbocycles. The van der Waals surface area contributed by atoms with E-state index in [1.165, 1.54) is 12.1 Å². The lowest BCUT2D eigenvalue weighted by Crippen LogP contribution is -2.04. The van der Waals surface area contributed by atoms with Gasteiger partial charge in [0.25, 0.3) is 0 Å². The summed E-state index contributed by atoms with van der Waals surface area (Å²) in [5.41, 5.74) is 6.75. The van der Waals surface area contributed by atoms with E-state index in [1.807, 2.05) is 30.8 Å². The van der Waals surface area contributed by atoms with Gasteiger partial charge in [-0.05, 0) is 32.0 Å². The van der Waals surface area contributed by atoms with E-state index in [0.717, 1.165) is 5.69 Å². The molecular weight excluding hydrogens is 269 g/mol. The summed E-state index contributed by atoms with van der Waals surface area (Å²) in [5.74, 6) is 5.64. The van der Waals surface area contributed by atoms with Crippen LogP contribution in [-0.2, 0) is 6.61 Å². The van der Waals surface area contributed by atoms with E-state index in [-0.39, 0.29) is 19.0 Å². The van der Waals surface area contributed by atoms with Gasteiger partial charge in [0.2, 0.25) is 0 Å². The van der Waals surface area contributed by atoms with Crippen molar-refractivity contribution in [1.29, 1.82) is 0 Å². The van der Waals surface area contributed by atoms with Crippen molar-refractivity contribution in [3.05, 3.63) is 47.5 Å². The fourth-order valence-corrected chi connectivity index (χ4v) is 1.76. The molecule has 0 unspecified atom stereocenters. The van der Waals surface area contributed by atoms with E-state index >= 15 is 0 Å². The number of halogens is 1. The summed E-state index contributed by atoms with van der Waals surface area (Å²) < 4.78 is 20.8. The van der Waals surface area contributed by atoms with Gasteiger partial charge in [-0.15, -0.1) is 0 Å². The summed E-state index contributed by atoms with van der Waals surface area (Å²) in [4.78, 5) is 0. The molecule has 0 radical (unpaired) electrons. The minimum absolute atomic E-state index is 0.246. The highest BCUT2D eigenvalue weighted by Gasteiger charge is 2.06. The van der Waals surface area contributed by atoms with Gasteiger partial charge >= 0.3 is 0 Å². The minimum atomic E-state index is -0.365. The molecule has 0 fully saturated rings. The largest absolute Gasteiger partial charge is 0.486 e. The van der Waals surface area contributed by atoms with Crippen molar-refractivity contribution < 1.29 is 9.13 Å². The van der Waals surface area contributed by atoms with Gasteiger partial charge in [-0.1, -0.05) is 11.8 Å². The van der Waals surface area contributed by atoms with Crippen molar-refractivity contribution in [2.24, 2.45) is 5.73 Å². The van der Waals surface area contributed by atoms with Crippen LogP contribution in [0.3, 0.4) is 0 Å². The van der Waals surface area contributed by atoms with Crippen LogP contribution < -0.4 is 10.5 Å². The second kappa shape index (κ2) is 6.91. The lowest BCUT2D eigenvalue weighted by molar-refractivity contribution is 0.296. The molecule has 0 spiro atoms. The van der Waals surface area contributed by atoms with E-state index in [1.54, 1.807) is 6.07 Å². The Morgan fingerprint density at radius 2 is 2.19 bits per heavy atom. The van der Waals surface area contributed by atoms with Gasteiger partial charge in [-0.25, -0.2) is 4.39 Å². The summed E-state index contributed by atoms with van der Waals surface area (Å²) in [5, 5.41) is 4.38. The first-order valence-electron chi connectivity index (χ1n) is 6.75. The van der Waals surface area contributed by atoms with Crippen molar-refractivity contribution in [2.45, 2.75) is 26.5 Å². The molecule has 0 saturated heterocycles. The average molecular weight is 287 g/mol. The van der Waals surface area contributed by atoms with Gasteiger partial charge in [0.15, 0.2) is 0 Å². The molecule has 0 amide bonds. The van der Waals surface area contributed by atoms with Gasteiger partial charge in [-0.3, -0.25) is 4.68 Å². The summed E-state index contributed by atoms with van der Waals surface area (Å²) >= 11 is 0. The number of hydrogen-bond donors (Lipinski definition) is 1. The first-order chi connectivity index (χ1) is 10.1. The third kappa shape index (κ3) is 4.07. The maximum Gasteiger partial charge on any atom is 0.138 e. The Morgan fingerprint density at radius 3 is 2.86 bits per heavy atom. The zero-order valence-electron chi connectivity index (χ0n) is 12.1. The van der Waals surface area contributed by atoms with E-state index in [0.29, 0.717) is 17.4 Å². The minimum Gasteiger partial charge on any atom is -0.486 e. The predicted octanol–water partition coefficient (Wildman–Crippen LogP) is 2.49. The van der Waals surface area contributed by atoms with E-state index < -0.39 is 0 Å². The second-order valence-electron chi connectivity index (χ2n) is 4.82. The Kier molecular flexibility index (Phi) is 4.96. The van der Waals surface area contributed by atoms with Gasteiger partial charge < -0.3 is 10.5 Å². The molecule has 4 nitrogen and oxygen atoms in total. The fraction of sp³-hybridized carbons (Fsp3) is 0.312. The fourth-order valence-electron chi connectivity index (χ4n) is 1.76. The van der Waals surface area contributed by atoms with Crippen LogP contribution >= 0.6 is 0 Å². The molecule has 0 bridgehead atoms. The van der Waals surface area contributed by atoms with Gasteiger partial charge in [0, 0.05) is 18.3 Å². The molecule has 110 valence electrons. The zero-order chi connectivity index (χ0) is 15.2. The van der Waals surface area contributed by atoms with Crippen molar-refractivity contribution >= 4 is 0 Å². The summed E-state index contributed by atoms with van der Waals surface area (Å²) in [6.07, 6.45) is 1.89. The first-order valence-corrected chi connectivity index (χ1v) is 6.75. The number of nitrogens with two attached hydrogens (primary N) is 1. The highest BCUT2D eigenvalue weighted by Crippen LogP contribution is 2.20. The van der Waals surface area contributed by atoms with Crippen LogP contribution in [0.4, 0.5) is 4.39 Å². The number of aromatic nitrogens is 2. The quantitative estimate of drug-likeness (QED) is 0.879. The smallest absolute Gasteiger partial charge is 0.138 e. The SMILES string of the molecule is CC(C)n1ccc(COc2cc(F)ccc2C#CCN)n1. The number of hydrogen-bond acceptors (Lipinski definition) is 3. The topological polar surface area (TPSA) is 53.1 Å². The van der Waals surface area contributed by atoms with Crippen LogP contribution in [0, 0.1) is 17.7 Å². The Morgan fingerprint density at radius 1 is 1.38 bits per heavy atom. The molecule has 0 aliphatic rings. The summed E-state index contributed by atoms with van der Waals surface area (Å²) in [6, 6.07) is 6.42. The van der Waals surface area contributed by atoms with Gasteiger partial charge in [0.1, 0.15) is 18.2 Å². The number of benzene rings is 1. The van der Waals surface area contributed by atoms with E-state index in [9.17, 15) is 4.39 Å². The lowest BCUT2D eigenvalue weighted by Gasteiger charge is -2.07. The summed E-state index contributed by atoms with van der Waals surface area (Å²) in [7, 11) is 0. The van der Waals surface area contributed by atoms with Crippen LogP contribution in [0.15, 0.2) is 30.5 Å². The zero-order valence-corrected chi connectivity index (χ0v) is 12.1. The molecule has 21 heavy (non-hydrogen) atoms. The van der Waals surface area contributed by atoms with Crippen molar-refractivity contribution in [1.82, 2.24) is 9.78 Å². The van der Waals surface area contributed by atoms with Crippen LogP contribution in [0.1, 0.15) is 31.1 Å². The van der Waals surface area contributed by atoms with Crippen molar-refractivity contribution in [3.8, 4) is 17.6 Å². The third-order valence-corrected chi connectivity index (χ3v) is 2.84. The average Bonchev–Trinajstić information content (AvgIpc) is 2.93. The second-order valence-corrected chi connectivity index (χ2v) is 4.82. The van der Waals surface area contributed by atoms with Gasteiger partial charge in [-0.2, -0.15) is 5.10 Å². The normalized spacial score (nSPS) is 10.3. The molecule has 2 rings (SSSR count). The maximum atomic E-state index is 13.3. The Hall–Kier alpha value is -2.32. The van der Waals surface area contributed by atoms with Crippen LogP contribution in [0.25, 0.3) is 0 Å². The molecule has 1 heterocycles. The molecule has 0 aliphatic heterocycles. The van der Waals surface area contributed by atoms with Crippen LogP contribution in [0.2, 0.25) is 0 Å². The van der Waals surface area contributed by atoms with Crippen molar-refractivity contribution in [2.75, 3.05) is 6.54 Å². The van der Waals surface area contributed by atoms with Crippen molar-refractivity contribution in [3.63, 3.8) is 0 Å². The number of nitrogens with zero attached hydrogens (tertiary/aromatic N) is 2. The maximum absolute atomic E-state index is 13.3. The van der Waals surface area contributed by atoms with Gasteiger partial charge in [0.05, 0.1) is 17.8 Å². The van der Waals surface area contributed by atoms with E-state index in [4.69, 9.17) is 10.5 Å². The molecular formula is C16H18FN3O. The van der Waals surface area contributed by atoms with Crippen LogP contribution in [-0.4, -0.2) is 16.3 Å². The standard InChI is InChI=1S/C16H18FN3O/c1-12(2)20-9-7-15(19-20)11-21-16-10-14(17)6-5-13(16)4-3-8-18/h5-7,9-10,12H,8,11,18H2,1-2H3. The monoisotopic (exact) mass is 287 g/mol. The Bertz CT molecular complexity index is 668. The predicted molar refractivity (Wildman–Crippen MR) is 79.3 cm³/mol. The molecule has 2 N–H and O–H groups in total. The molecule has 1 aromatic heterocycles. The Balaban J connectivity index is 2.12. The lowest BCUT2D eigenvalue weighted by atomic mass is 10.2. The molecule has 0 atom stereocenters. The summed E-state index contributed by atoms with van der Waals surface area (Å²) in [6.45, 7) is 4.60. The Labute approximate surface area is 123 Å². The molecule has 5 heteroatoms. The molecule has 0 saturated carbocycles. The highest BCUT2D eigenvalue weighted by atomic mass is 19.1. The first kappa shape index (κ1) is 15.1. The highest BCUT2D eigenvalue weighted by molar-refractivity contribution is 5.46. The molecule has 0 aliphatic carbocycles. The number of rotatable bonds is 4. The molecule has 2 aromatic rings. The van der Waals surface area contributed by atoms with E-state index in [2.05, 4.69) is 16.9 Å². The third-order valence-electron chi connectivity index (χ3n) is 2.84. The number of ether oxygens (including phenoxy) is 1.